The Morgan fingerprint density at radius 3 is 2.53 bits per heavy atom. The van der Waals surface area contributed by atoms with Gasteiger partial charge in [0.2, 0.25) is 5.91 Å². The summed E-state index contributed by atoms with van der Waals surface area (Å²) < 4.78 is 12.7. The predicted molar refractivity (Wildman–Crippen MR) is 75.7 cm³/mol. The van der Waals surface area contributed by atoms with Crippen molar-refractivity contribution in [2.45, 2.75) is 26.8 Å². The number of rotatable bonds is 4. The van der Waals surface area contributed by atoms with E-state index < -0.39 is 0 Å². The summed E-state index contributed by atoms with van der Waals surface area (Å²) in [4.78, 5) is 13.1. The lowest BCUT2D eigenvalue weighted by molar-refractivity contribution is -0.120. The normalized spacial score (nSPS) is 10.5. The largest absolute Gasteiger partial charge is 0.352 e. The van der Waals surface area contributed by atoms with Gasteiger partial charge in [-0.1, -0.05) is 12.1 Å². The monoisotopic (exact) mass is 277 g/mol. The van der Waals surface area contributed by atoms with Crippen molar-refractivity contribution in [3.05, 3.63) is 57.0 Å². The van der Waals surface area contributed by atoms with E-state index in [0.29, 0.717) is 6.54 Å². The number of benzene rings is 1. The molecule has 100 valence electrons. The third-order valence-corrected chi connectivity index (χ3v) is 4.20. The fraction of sp³-hybridized carbons (Fsp3) is 0.267. The SMILES string of the molecule is Cc1scc(CNC(=O)Cc2ccc(F)cc2)c1C. The Kier molecular flexibility index (Phi) is 4.32. The van der Waals surface area contributed by atoms with Gasteiger partial charge in [0.25, 0.3) is 0 Å². The summed E-state index contributed by atoms with van der Waals surface area (Å²) in [6.07, 6.45) is 0.280. The van der Waals surface area contributed by atoms with Crippen molar-refractivity contribution in [3.63, 3.8) is 0 Å². The molecule has 0 unspecified atom stereocenters. The van der Waals surface area contributed by atoms with E-state index in [1.165, 1.54) is 22.6 Å². The van der Waals surface area contributed by atoms with Crippen LogP contribution in [0.4, 0.5) is 4.39 Å². The maximum Gasteiger partial charge on any atom is 0.224 e. The van der Waals surface area contributed by atoms with Gasteiger partial charge >= 0.3 is 0 Å². The van der Waals surface area contributed by atoms with E-state index in [0.717, 1.165) is 11.1 Å². The third kappa shape index (κ3) is 3.64. The molecule has 0 aliphatic carbocycles. The molecule has 0 aliphatic heterocycles. The van der Waals surface area contributed by atoms with Gasteiger partial charge in [0.15, 0.2) is 0 Å². The van der Waals surface area contributed by atoms with Gasteiger partial charge in [0, 0.05) is 11.4 Å². The lowest BCUT2D eigenvalue weighted by atomic mass is 10.1. The zero-order valence-electron chi connectivity index (χ0n) is 11.0. The number of amides is 1. The number of nitrogens with one attached hydrogen (secondary N) is 1. The van der Waals surface area contributed by atoms with E-state index in [-0.39, 0.29) is 18.1 Å². The molecule has 2 rings (SSSR count). The molecular weight excluding hydrogens is 261 g/mol. The molecule has 2 nitrogen and oxygen atoms in total. The van der Waals surface area contributed by atoms with E-state index in [4.69, 9.17) is 0 Å². The molecule has 0 atom stereocenters. The minimum atomic E-state index is -0.284. The van der Waals surface area contributed by atoms with Gasteiger partial charge < -0.3 is 5.32 Å². The second kappa shape index (κ2) is 5.97. The average Bonchev–Trinajstić information content (AvgIpc) is 2.70. The van der Waals surface area contributed by atoms with E-state index in [9.17, 15) is 9.18 Å². The van der Waals surface area contributed by atoms with Gasteiger partial charge in [0.1, 0.15) is 5.82 Å². The van der Waals surface area contributed by atoms with E-state index >= 15 is 0 Å². The summed E-state index contributed by atoms with van der Waals surface area (Å²) in [6, 6.07) is 6.01. The summed E-state index contributed by atoms with van der Waals surface area (Å²) in [5.74, 6) is -0.330. The van der Waals surface area contributed by atoms with Crippen LogP contribution in [0.5, 0.6) is 0 Å². The second-order valence-electron chi connectivity index (χ2n) is 4.52. The molecule has 0 radical (unpaired) electrons. The van der Waals surface area contributed by atoms with Gasteiger partial charge in [-0.25, -0.2) is 4.39 Å². The maximum absolute atomic E-state index is 12.7. The molecule has 1 amide bonds. The molecule has 0 saturated carbocycles. The first-order valence-corrected chi connectivity index (χ1v) is 6.99. The minimum absolute atomic E-state index is 0.0464. The first kappa shape index (κ1) is 13.7. The molecule has 4 heteroatoms. The Balaban J connectivity index is 1.88. The molecule has 0 spiro atoms. The molecule has 1 aromatic carbocycles. The van der Waals surface area contributed by atoms with Crippen LogP contribution in [-0.2, 0) is 17.8 Å². The van der Waals surface area contributed by atoms with Crippen LogP contribution >= 0.6 is 11.3 Å². The summed E-state index contributed by atoms with van der Waals surface area (Å²) in [6.45, 7) is 4.69. The summed E-state index contributed by atoms with van der Waals surface area (Å²) in [5, 5.41) is 4.96. The van der Waals surface area contributed by atoms with Crippen LogP contribution in [0.3, 0.4) is 0 Å². The Morgan fingerprint density at radius 1 is 1.26 bits per heavy atom. The number of hydrogen-bond acceptors (Lipinski definition) is 2. The van der Waals surface area contributed by atoms with Crippen LogP contribution in [0.15, 0.2) is 29.6 Å². The highest BCUT2D eigenvalue weighted by molar-refractivity contribution is 7.10. The van der Waals surface area contributed by atoms with Crippen LogP contribution < -0.4 is 5.32 Å². The van der Waals surface area contributed by atoms with Crippen molar-refractivity contribution in [2.75, 3.05) is 0 Å². The number of halogens is 1. The zero-order valence-corrected chi connectivity index (χ0v) is 11.8. The van der Waals surface area contributed by atoms with Gasteiger partial charge in [-0.05, 0) is 48.1 Å². The molecule has 1 aromatic heterocycles. The lowest BCUT2D eigenvalue weighted by Gasteiger charge is -2.05. The topological polar surface area (TPSA) is 29.1 Å². The maximum atomic E-state index is 12.7. The quantitative estimate of drug-likeness (QED) is 0.912. The molecule has 0 aliphatic rings. The Hall–Kier alpha value is -1.68. The summed E-state index contributed by atoms with van der Waals surface area (Å²) in [7, 11) is 0. The fourth-order valence-corrected chi connectivity index (χ4v) is 2.67. The molecule has 19 heavy (non-hydrogen) atoms. The smallest absolute Gasteiger partial charge is 0.224 e. The number of carbonyl (C=O) groups is 1. The Bertz CT molecular complexity index is 574. The fourth-order valence-electron chi connectivity index (χ4n) is 1.78. The highest BCUT2D eigenvalue weighted by Gasteiger charge is 2.07. The molecule has 1 heterocycles. The lowest BCUT2D eigenvalue weighted by Crippen LogP contribution is -2.24. The first-order valence-electron chi connectivity index (χ1n) is 6.11. The molecule has 0 fully saturated rings. The minimum Gasteiger partial charge on any atom is -0.352 e. The van der Waals surface area contributed by atoms with Crippen LogP contribution in [0.25, 0.3) is 0 Å². The second-order valence-corrected chi connectivity index (χ2v) is 5.61. The highest BCUT2D eigenvalue weighted by atomic mass is 32.1. The van der Waals surface area contributed by atoms with Crippen LogP contribution in [0, 0.1) is 19.7 Å². The van der Waals surface area contributed by atoms with Crippen molar-refractivity contribution < 1.29 is 9.18 Å². The Morgan fingerprint density at radius 2 is 1.95 bits per heavy atom. The van der Waals surface area contributed by atoms with Crippen molar-refractivity contribution in [3.8, 4) is 0 Å². The third-order valence-electron chi connectivity index (χ3n) is 3.14. The molecule has 0 saturated heterocycles. The molecule has 1 N–H and O–H groups in total. The number of hydrogen-bond donors (Lipinski definition) is 1. The van der Waals surface area contributed by atoms with Gasteiger partial charge in [-0.2, -0.15) is 0 Å². The first-order chi connectivity index (χ1) is 9.06. The molecule has 0 bridgehead atoms. The number of aryl methyl sites for hydroxylation is 1. The highest BCUT2D eigenvalue weighted by Crippen LogP contribution is 2.20. The number of carbonyl (C=O) groups excluding carboxylic acids is 1. The van der Waals surface area contributed by atoms with Gasteiger partial charge in [-0.3, -0.25) is 4.79 Å². The molecular formula is C15H16FNOS. The summed E-state index contributed by atoms with van der Waals surface area (Å²) in [5.41, 5.74) is 3.22. The van der Waals surface area contributed by atoms with Crippen molar-refractivity contribution in [1.82, 2.24) is 5.32 Å². The van der Waals surface area contributed by atoms with Crippen molar-refractivity contribution in [1.29, 1.82) is 0 Å². The van der Waals surface area contributed by atoms with E-state index in [1.54, 1.807) is 23.5 Å². The summed E-state index contributed by atoms with van der Waals surface area (Å²) >= 11 is 1.70. The average molecular weight is 277 g/mol. The van der Waals surface area contributed by atoms with E-state index in [2.05, 4.69) is 24.5 Å². The number of thiophene rings is 1. The van der Waals surface area contributed by atoms with Crippen LogP contribution in [0.1, 0.15) is 21.6 Å². The predicted octanol–water partition coefficient (Wildman–Crippen LogP) is 3.36. The zero-order chi connectivity index (χ0) is 13.8. The standard InChI is InChI=1S/C15H16FNOS/c1-10-11(2)19-9-13(10)8-17-15(18)7-12-3-5-14(16)6-4-12/h3-6,9H,7-8H2,1-2H3,(H,17,18). The van der Waals surface area contributed by atoms with E-state index in [1.807, 2.05) is 0 Å². The van der Waals surface area contributed by atoms with Crippen LogP contribution in [-0.4, -0.2) is 5.91 Å². The molecule has 2 aromatic rings. The Labute approximate surface area is 116 Å². The van der Waals surface area contributed by atoms with Gasteiger partial charge in [-0.15, -0.1) is 11.3 Å². The van der Waals surface area contributed by atoms with Crippen molar-refractivity contribution >= 4 is 17.2 Å². The van der Waals surface area contributed by atoms with Crippen molar-refractivity contribution in [2.24, 2.45) is 0 Å². The van der Waals surface area contributed by atoms with Crippen LogP contribution in [0.2, 0.25) is 0 Å². The van der Waals surface area contributed by atoms with Gasteiger partial charge in [0.05, 0.1) is 6.42 Å².